The van der Waals surface area contributed by atoms with E-state index in [0.29, 0.717) is 17.9 Å². The Labute approximate surface area is 132 Å². The maximum Gasteiger partial charge on any atom is 0.150 e. The van der Waals surface area contributed by atoms with Crippen LogP contribution in [-0.4, -0.2) is 11.3 Å². The molecular weight excluding hydrogens is 394 g/mol. The highest BCUT2D eigenvalue weighted by Gasteiger charge is 2.11. The number of halogens is 2. The van der Waals surface area contributed by atoms with Gasteiger partial charge >= 0.3 is 0 Å². The second-order valence-corrected chi connectivity index (χ2v) is 6.97. The van der Waals surface area contributed by atoms with Crippen LogP contribution in [0.1, 0.15) is 25.9 Å². The molecule has 6 heteroatoms. The van der Waals surface area contributed by atoms with Gasteiger partial charge in [0.1, 0.15) is 23.7 Å². The summed E-state index contributed by atoms with van der Waals surface area (Å²) in [4.78, 5) is 16.4. The van der Waals surface area contributed by atoms with Gasteiger partial charge in [0, 0.05) is 10.4 Å². The van der Waals surface area contributed by atoms with E-state index in [1.54, 1.807) is 23.5 Å². The second-order valence-electron chi connectivity index (χ2n) is 3.97. The highest BCUT2D eigenvalue weighted by Crippen LogP contribution is 2.35. The Kier molecular flexibility index (Phi) is 4.76. The second kappa shape index (κ2) is 6.15. The van der Waals surface area contributed by atoms with Gasteiger partial charge in [0.25, 0.3) is 0 Å². The van der Waals surface area contributed by atoms with Crippen molar-refractivity contribution >= 4 is 49.5 Å². The van der Waals surface area contributed by atoms with Crippen LogP contribution in [0.5, 0.6) is 5.75 Å². The van der Waals surface area contributed by atoms with Crippen LogP contribution in [0.15, 0.2) is 21.1 Å². The number of aromatic nitrogens is 1. The van der Waals surface area contributed by atoms with E-state index in [2.05, 4.69) is 36.8 Å². The van der Waals surface area contributed by atoms with E-state index in [4.69, 9.17) is 4.74 Å². The van der Waals surface area contributed by atoms with Gasteiger partial charge in [-0.2, -0.15) is 0 Å². The molecule has 0 amide bonds. The highest BCUT2D eigenvalue weighted by molar-refractivity contribution is 9.11. The third-order valence-corrected chi connectivity index (χ3v) is 4.79. The summed E-state index contributed by atoms with van der Waals surface area (Å²) in [7, 11) is 0. The number of benzene rings is 1. The number of rotatable bonds is 4. The minimum absolute atomic E-state index is 0.414. The molecule has 1 aromatic heterocycles. The average molecular weight is 405 g/mol. The van der Waals surface area contributed by atoms with Crippen LogP contribution >= 0.6 is 43.2 Å². The van der Waals surface area contributed by atoms with Crippen LogP contribution in [0, 0.1) is 13.8 Å². The molecule has 19 heavy (non-hydrogen) atoms. The van der Waals surface area contributed by atoms with Crippen LogP contribution in [0.2, 0.25) is 0 Å². The van der Waals surface area contributed by atoms with Crippen molar-refractivity contribution in [1.82, 2.24) is 4.98 Å². The third kappa shape index (κ3) is 3.43. The van der Waals surface area contributed by atoms with Gasteiger partial charge < -0.3 is 4.74 Å². The molecule has 0 bridgehead atoms. The number of carbonyl (C=O) groups is 1. The molecule has 0 atom stereocenters. The fraction of sp³-hybridized carbons (Fsp3) is 0.231. The molecular formula is C13H11Br2NO2S. The van der Waals surface area contributed by atoms with Crippen molar-refractivity contribution in [1.29, 1.82) is 0 Å². The third-order valence-electron chi connectivity index (χ3n) is 2.57. The number of aryl methyl sites for hydroxylation is 2. The fourth-order valence-electron chi connectivity index (χ4n) is 1.52. The van der Waals surface area contributed by atoms with Gasteiger partial charge in [-0.15, -0.1) is 11.3 Å². The molecule has 1 aromatic carbocycles. The molecule has 0 aliphatic rings. The molecule has 0 aliphatic carbocycles. The molecule has 3 nitrogen and oxygen atoms in total. The SMILES string of the molecule is Cc1nc(COc2c(Br)cc(C=O)cc2Br)sc1C. The zero-order valence-corrected chi connectivity index (χ0v) is 14.4. The topological polar surface area (TPSA) is 39.2 Å². The molecule has 0 spiro atoms. The van der Waals surface area contributed by atoms with Crippen LogP contribution in [0.25, 0.3) is 0 Å². The van der Waals surface area contributed by atoms with Crippen molar-refractivity contribution in [2.45, 2.75) is 20.5 Å². The quantitative estimate of drug-likeness (QED) is 0.694. The molecule has 0 fully saturated rings. The first-order chi connectivity index (χ1) is 9.01. The molecule has 100 valence electrons. The van der Waals surface area contributed by atoms with Crippen molar-refractivity contribution in [3.63, 3.8) is 0 Å². The van der Waals surface area contributed by atoms with Crippen LogP contribution < -0.4 is 4.74 Å². The van der Waals surface area contributed by atoms with Crippen LogP contribution in [0.3, 0.4) is 0 Å². The monoisotopic (exact) mass is 403 g/mol. The average Bonchev–Trinajstić information content (AvgIpc) is 2.67. The van der Waals surface area contributed by atoms with Gasteiger partial charge in [-0.05, 0) is 57.8 Å². The van der Waals surface area contributed by atoms with E-state index in [1.165, 1.54) is 4.88 Å². The summed E-state index contributed by atoms with van der Waals surface area (Å²) in [5.74, 6) is 0.677. The van der Waals surface area contributed by atoms with Crippen LogP contribution in [-0.2, 0) is 6.61 Å². The molecule has 2 rings (SSSR count). The Morgan fingerprint density at radius 1 is 1.32 bits per heavy atom. The van der Waals surface area contributed by atoms with E-state index in [-0.39, 0.29) is 0 Å². The summed E-state index contributed by atoms with van der Waals surface area (Å²) >= 11 is 8.43. The van der Waals surface area contributed by atoms with Crippen molar-refractivity contribution in [2.24, 2.45) is 0 Å². The van der Waals surface area contributed by atoms with Crippen molar-refractivity contribution in [3.8, 4) is 5.75 Å². The molecule has 0 N–H and O–H groups in total. The van der Waals surface area contributed by atoms with Gasteiger partial charge in [0.05, 0.1) is 14.6 Å². The van der Waals surface area contributed by atoms with Gasteiger partial charge in [-0.1, -0.05) is 0 Å². The van der Waals surface area contributed by atoms with E-state index in [1.807, 2.05) is 13.8 Å². The lowest BCUT2D eigenvalue weighted by Crippen LogP contribution is -1.97. The molecule has 0 aliphatic heterocycles. The normalized spacial score (nSPS) is 10.5. The smallest absolute Gasteiger partial charge is 0.150 e. The Morgan fingerprint density at radius 2 is 1.95 bits per heavy atom. The fourth-order valence-corrected chi connectivity index (χ4v) is 3.82. The maximum atomic E-state index is 10.8. The number of hydrogen-bond donors (Lipinski definition) is 0. The van der Waals surface area contributed by atoms with Gasteiger partial charge in [-0.25, -0.2) is 4.98 Å². The minimum Gasteiger partial charge on any atom is -0.484 e. The Hall–Kier alpha value is -0.720. The van der Waals surface area contributed by atoms with Crippen molar-refractivity contribution in [2.75, 3.05) is 0 Å². The zero-order valence-electron chi connectivity index (χ0n) is 10.4. The summed E-state index contributed by atoms with van der Waals surface area (Å²) < 4.78 is 7.25. The molecule has 1 heterocycles. The summed E-state index contributed by atoms with van der Waals surface area (Å²) in [6.07, 6.45) is 0.798. The Bertz CT molecular complexity index is 583. The minimum atomic E-state index is 0.414. The lowest BCUT2D eigenvalue weighted by molar-refractivity contribution is 0.112. The number of ether oxygens (including phenoxy) is 1. The predicted molar refractivity (Wildman–Crippen MR) is 83.1 cm³/mol. The zero-order chi connectivity index (χ0) is 14.0. The Balaban J connectivity index is 2.17. The lowest BCUT2D eigenvalue weighted by atomic mass is 10.2. The predicted octanol–water partition coefficient (Wildman–Crippen LogP) is 4.68. The molecule has 0 saturated carbocycles. The number of aldehydes is 1. The number of hydrogen-bond acceptors (Lipinski definition) is 4. The largest absolute Gasteiger partial charge is 0.484 e. The lowest BCUT2D eigenvalue weighted by Gasteiger charge is -2.09. The summed E-state index contributed by atoms with van der Waals surface area (Å²) in [6, 6.07) is 3.46. The van der Waals surface area contributed by atoms with E-state index >= 15 is 0 Å². The molecule has 0 radical (unpaired) electrons. The highest BCUT2D eigenvalue weighted by atomic mass is 79.9. The number of nitrogens with zero attached hydrogens (tertiary/aromatic N) is 1. The molecule has 2 aromatic rings. The number of carbonyl (C=O) groups excluding carboxylic acids is 1. The van der Waals surface area contributed by atoms with Crippen molar-refractivity contribution < 1.29 is 9.53 Å². The number of thiazole rings is 1. The van der Waals surface area contributed by atoms with E-state index in [9.17, 15) is 4.79 Å². The molecule has 0 unspecified atom stereocenters. The first-order valence-corrected chi connectivity index (χ1v) is 7.91. The summed E-state index contributed by atoms with van der Waals surface area (Å²) in [5, 5.41) is 0.938. The maximum absolute atomic E-state index is 10.8. The summed E-state index contributed by atoms with van der Waals surface area (Å²) in [6.45, 7) is 4.44. The van der Waals surface area contributed by atoms with Gasteiger partial charge in [0.2, 0.25) is 0 Å². The summed E-state index contributed by atoms with van der Waals surface area (Å²) in [5.41, 5.74) is 1.63. The van der Waals surface area contributed by atoms with Gasteiger partial charge in [0.15, 0.2) is 0 Å². The van der Waals surface area contributed by atoms with Gasteiger partial charge in [-0.3, -0.25) is 4.79 Å². The first kappa shape index (κ1) is 14.7. The van der Waals surface area contributed by atoms with Crippen LogP contribution in [0.4, 0.5) is 0 Å². The standard InChI is InChI=1S/C13H11Br2NO2S/c1-7-8(2)19-12(16-7)6-18-13-10(14)3-9(5-17)4-11(13)15/h3-5H,6H2,1-2H3. The van der Waals surface area contributed by atoms with E-state index in [0.717, 1.165) is 25.9 Å². The van der Waals surface area contributed by atoms with Crippen molar-refractivity contribution in [3.05, 3.63) is 42.2 Å². The Morgan fingerprint density at radius 3 is 2.42 bits per heavy atom. The van der Waals surface area contributed by atoms with E-state index < -0.39 is 0 Å². The molecule has 0 saturated heterocycles. The first-order valence-electron chi connectivity index (χ1n) is 5.51.